The summed E-state index contributed by atoms with van der Waals surface area (Å²) in [5.74, 6) is 0.576. The number of Topliss-reactive ketones (excluding diaryl/α,β-unsaturated/α-hetero) is 1. The number of rotatable bonds is 5. The van der Waals surface area contributed by atoms with Gasteiger partial charge in [0.2, 0.25) is 0 Å². The van der Waals surface area contributed by atoms with Crippen LogP contribution in [0.2, 0.25) is 0 Å². The van der Waals surface area contributed by atoms with Crippen LogP contribution in [0.25, 0.3) is 0 Å². The average molecular weight is 366 g/mol. The lowest BCUT2D eigenvalue weighted by atomic mass is 9.74. The van der Waals surface area contributed by atoms with Gasteiger partial charge in [0.25, 0.3) is 0 Å². The summed E-state index contributed by atoms with van der Waals surface area (Å²) in [6.45, 7) is 8.85. The first-order chi connectivity index (χ1) is 12.7. The zero-order valence-electron chi connectivity index (χ0n) is 16.8. The van der Waals surface area contributed by atoms with Gasteiger partial charge in [0.15, 0.2) is 5.78 Å². The fourth-order valence-corrected chi connectivity index (χ4v) is 4.74. The van der Waals surface area contributed by atoms with Crippen molar-refractivity contribution in [3.05, 3.63) is 71.3 Å². The first-order valence-corrected chi connectivity index (χ1v) is 9.81. The Morgan fingerprint density at radius 1 is 0.963 bits per heavy atom. The average Bonchev–Trinajstić information content (AvgIpc) is 2.59. The summed E-state index contributed by atoms with van der Waals surface area (Å²) in [6.07, 6.45) is 1.93. The summed E-state index contributed by atoms with van der Waals surface area (Å²) < 4.78 is 0. The second-order valence-corrected chi connectivity index (χ2v) is 9.23. The molecule has 144 valence electrons. The number of aliphatic hydroxyl groups excluding tert-OH is 1. The molecule has 3 nitrogen and oxygen atoms in total. The van der Waals surface area contributed by atoms with E-state index >= 15 is 0 Å². The Bertz CT molecular complexity index is 762. The van der Waals surface area contributed by atoms with Gasteiger partial charge in [-0.05, 0) is 57.6 Å². The van der Waals surface area contributed by atoms with Crippen LogP contribution in [0.4, 0.5) is 0 Å². The van der Waals surface area contributed by atoms with Gasteiger partial charge in [-0.2, -0.15) is 0 Å². The highest BCUT2D eigenvalue weighted by atomic mass is 16.3. The topological polar surface area (TPSA) is 49.3 Å². The van der Waals surface area contributed by atoms with Crippen LogP contribution in [0.3, 0.4) is 0 Å². The fourth-order valence-electron chi connectivity index (χ4n) is 4.74. The molecule has 2 aromatic carbocycles. The lowest BCUT2D eigenvalue weighted by molar-refractivity contribution is 0.0864. The molecule has 0 bridgehead atoms. The molecule has 0 amide bonds. The second-order valence-electron chi connectivity index (χ2n) is 9.23. The van der Waals surface area contributed by atoms with Gasteiger partial charge >= 0.3 is 0 Å². The van der Waals surface area contributed by atoms with E-state index in [2.05, 4.69) is 33.0 Å². The molecule has 1 aliphatic rings. The largest absolute Gasteiger partial charge is 0.384 e. The maximum absolute atomic E-state index is 12.8. The van der Waals surface area contributed by atoms with E-state index in [0.717, 1.165) is 29.5 Å². The summed E-state index contributed by atoms with van der Waals surface area (Å²) in [7, 11) is 0. The van der Waals surface area contributed by atoms with Crippen molar-refractivity contribution < 1.29 is 9.90 Å². The monoisotopic (exact) mass is 365 g/mol. The number of aliphatic hydroxyl groups is 1. The molecule has 0 aliphatic carbocycles. The molecule has 27 heavy (non-hydrogen) atoms. The zero-order valence-corrected chi connectivity index (χ0v) is 16.8. The van der Waals surface area contributed by atoms with Crippen molar-refractivity contribution in [3.8, 4) is 0 Å². The molecular weight excluding hydrogens is 334 g/mol. The molecule has 1 unspecified atom stereocenters. The van der Waals surface area contributed by atoms with Crippen LogP contribution in [-0.4, -0.2) is 22.0 Å². The number of piperidine rings is 1. The minimum absolute atomic E-state index is 0.0519. The third kappa shape index (κ3) is 5.06. The lowest BCUT2D eigenvalue weighted by Crippen LogP contribution is -2.57. The Morgan fingerprint density at radius 3 is 2.04 bits per heavy atom. The van der Waals surface area contributed by atoms with Crippen LogP contribution in [0.1, 0.15) is 74.5 Å². The summed E-state index contributed by atoms with van der Waals surface area (Å²) >= 11 is 0. The van der Waals surface area contributed by atoms with Gasteiger partial charge in [0.05, 0.1) is 0 Å². The van der Waals surface area contributed by atoms with E-state index in [-0.39, 0.29) is 16.9 Å². The van der Waals surface area contributed by atoms with E-state index in [4.69, 9.17) is 0 Å². The Kier molecular flexibility index (Phi) is 5.55. The molecule has 1 saturated heterocycles. The van der Waals surface area contributed by atoms with Gasteiger partial charge in [0.1, 0.15) is 6.10 Å². The van der Waals surface area contributed by atoms with Gasteiger partial charge in [0, 0.05) is 23.1 Å². The van der Waals surface area contributed by atoms with E-state index in [9.17, 15) is 9.90 Å². The molecule has 2 aromatic rings. The minimum atomic E-state index is -0.665. The molecule has 1 aliphatic heterocycles. The third-order valence-corrected chi connectivity index (χ3v) is 5.41. The van der Waals surface area contributed by atoms with Crippen LogP contribution >= 0.6 is 0 Å². The van der Waals surface area contributed by atoms with E-state index in [1.165, 1.54) is 0 Å². The van der Waals surface area contributed by atoms with Crippen molar-refractivity contribution >= 4 is 5.78 Å². The summed E-state index contributed by atoms with van der Waals surface area (Å²) in [5.41, 5.74) is 2.50. The smallest absolute Gasteiger partial charge is 0.163 e. The quantitative estimate of drug-likeness (QED) is 0.741. The van der Waals surface area contributed by atoms with Crippen LogP contribution in [0.15, 0.2) is 54.6 Å². The van der Waals surface area contributed by atoms with Gasteiger partial charge < -0.3 is 10.4 Å². The highest BCUT2D eigenvalue weighted by Gasteiger charge is 2.38. The van der Waals surface area contributed by atoms with Crippen molar-refractivity contribution in [2.45, 2.75) is 64.1 Å². The second kappa shape index (κ2) is 7.57. The molecule has 2 N–H and O–H groups in total. The Labute approximate surface area is 162 Å². The van der Waals surface area contributed by atoms with Gasteiger partial charge in [-0.15, -0.1) is 0 Å². The normalized spacial score (nSPS) is 20.2. The minimum Gasteiger partial charge on any atom is -0.384 e. The van der Waals surface area contributed by atoms with E-state index in [1.54, 1.807) is 0 Å². The van der Waals surface area contributed by atoms with Crippen LogP contribution in [0, 0.1) is 5.92 Å². The molecule has 1 fully saturated rings. The Balaban J connectivity index is 1.67. The van der Waals surface area contributed by atoms with Gasteiger partial charge in [-0.3, -0.25) is 4.79 Å². The maximum atomic E-state index is 12.8. The number of nitrogens with one attached hydrogen (secondary N) is 1. The highest BCUT2D eigenvalue weighted by molar-refractivity contribution is 5.96. The van der Waals surface area contributed by atoms with Crippen molar-refractivity contribution in [2.75, 3.05) is 0 Å². The Hall–Kier alpha value is -1.97. The molecule has 0 spiro atoms. The van der Waals surface area contributed by atoms with Crippen molar-refractivity contribution in [1.82, 2.24) is 5.32 Å². The number of hydrogen-bond donors (Lipinski definition) is 2. The lowest BCUT2D eigenvalue weighted by Gasteiger charge is -2.46. The van der Waals surface area contributed by atoms with Crippen LogP contribution < -0.4 is 5.32 Å². The molecule has 0 aromatic heterocycles. The molecule has 1 atom stereocenters. The van der Waals surface area contributed by atoms with Gasteiger partial charge in [-0.1, -0.05) is 54.6 Å². The number of ketones is 1. The van der Waals surface area contributed by atoms with E-state index in [0.29, 0.717) is 12.3 Å². The predicted molar refractivity (Wildman–Crippen MR) is 110 cm³/mol. The number of hydrogen-bond acceptors (Lipinski definition) is 3. The van der Waals surface area contributed by atoms with Crippen molar-refractivity contribution in [2.24, 2.45) is 5.92 Å². The molecule has 3 rings (SSSR count). The number of benzene rings is 2. The molecule has 3 heteroatoms. The predicted octanol–water partition coefficient (Wildman–Crippen LogP) is 4.90. The van der Waals surface area contributed by atoms with Crippen molar-refractivity contribution in [1.29, 1.82) is 0 Å². The highest BCUT2D eigenvalue weighted by Crippen LogP contribution is 2.35. The number of carbonyl (C=O) groups is 1. The summed E-state index contributed by atoms with van der Waals surface area (Å²) in [4.78, 5) is 12.8. The molecule has 1 heterocycles. The van der Waals surface area contributed by atoms with Crippen LogP contribution in [0.5, 0.6) is 0 Å². The molecule has 0 saturated carbocycles. The van der Waals surface area contributed by atoms with Crippen LogP contribution in [-0.2, 0) is 0 Å². The third-order valence-electron chi connectivity index (χ3n) is 5.41. The van der Waals surface area contributed by atoms with E-state index in [1.807, 2.05) is 54.6 Å². The van der Waals surface area contributed by atoms with E-state index < -0.39 is 6.10 Å². The first-order valence-electron chi connectivity index (χ1n) is 9.81. The molecular formula is C24H31NO2. The Morgan fingerprint density at radius 2 is 1.48 bits per heavy atom. The summed E-state index contributed by atoms with van der Waals surface area (Å²) in [6, 6.07) is 17.0. The van der Waals surface area contributed by atoms with Crippen molar-refractivity contribution in [3.63, 3.8) is 0 Å². The fraction of sp³-hybridized carbons (Fsp3) is 0.458. The first kappa shape index (κ1) is 19.8. The maximum Gasteiger partial charge on any atom is 0.163 e. The standard InChI is InChI=1S/C24H31NO2/c1-23(2)15-17(16-24(3,4)25-23)14-21(26)18-10-12-20(13-11-18)22(27)19-8-6-5-7-9-19/h5-13,17,22,25,27H,14-16H2,1-4H3. The SMILES string of the molecule is CC1(C)CC(CC(=O)c2ccc(C(O)c3ccccc3)cc2)CC(C)(C)N1. The number of carbonyl (C=O) groups excluding carboxylic acids is 1. The summed E-state index contributed by atoms with van der Waals surface area (Å²) in [5, 5.41) is 14.2. The van der Waals surface area contributed by atoms with Gasteiger partial charge in [-0.25, -0.2) is 0 Å². The molecule has 0 radical (unpaired) electrons. The zero-order chi connectivity index (χ0) is 19.7.